The minimum atomic E-state index is -0.249. The molecule has 4 heteroatoms. The van der Waals surface area contributed by atoms with Crippen molar-refractivity contribution in [2.24, 2.45) is 0 Å². The SMILES string of the molecule is CCc1c(OCCCCCl)cc(OCc2ccccc2)cc1-c1ccc(F)cc1. The molecule has 0 saturated carbocycles. The van der Waals surface area contributed by atoms with Gasteiger partial charge >= 0.3 is 0 Å². The average Bonchev–Trinajstić information content (AvgIpc) is 2.76. The van der Waals surface area contributed by atoms with Crippen molar-refractivity contribution in [2.75, 3.05) is 12.5 Å². The molecule has 0 saturated heterocycles. The van der Waals surface area contributed by atoms with E-state index in [4.69, 9.17) is 21.1 Å². The Bertz CT molecular complexity index is 895. The van der Waals surface area contributed by atoms with Crippen molar-refractivity contribution < 1.29 is 13.9 Å². The van der Waals surface area contributed by atoms with Crippen LogP contribution in [-0.4, -0.2) is 12.5 Å². The third-order valence-electron chi connectivity index (χ3n) is 4.73. The van der Waals surface area contributed by atoms with Crippen LogP contribution < -0.4 is 9.47 Å². The number of alkyl halides is 1. The second kappa shape index (κ2) is 10.9. The van der Waals surface area contributed by atoms with E-state index < -0.39 is 0 Å². The average molecular weight is 413 g/mol. The summed E-state index contributed by atoms with van der Waals surface area (Å²) in [6, 6.07) is 20.6. The maximum absolute atomic E-state index is 13.4. The third kappa shape index (κ3) is 5.98. The van der Waals surface area contributed by atoms with Gasteiger partial charge in [-0.25, -0.2) is 4.39 Å². The number of benzene rings is 3. The van der Waals surface area contributed by atoms with Crippen LogP contribution in [0.15, 0.2) is 66.7 Å². The molecule has 0 aliphatic heterocycles. The van der Waals surface area contributed by atoms with Gasteiger partial charge in [0.25, 0.3) is 0 Å². The molecule has 3 rings (SSSR count). The number of hydrogen-bond acceptors (Lipinski definition) is 2. The lowest BCUT2D eigenvalue weighted by Crippen LogP contribution is -2.03. The lowest BCUT2D eigenvalue weighted by molar-refractivity contribution is 0.290. The molecule has 29 heavy (non-hydrogen) atoms. The van der Waals surface area contributed by atoms with E-state index in [1.54, 1.807) is 12.1 Å². The van der Waals surface area contributed by atoms with E-state index in [-0.39, 0.29) is 5.82 Å². The van der Waals surface area contributed by atoms with Crippen LogP contribution in [0.4, 0.5) is 4.39 Å². The molecule has 0 unspecified atom stereocenters. The van der Waals surface area contributed by atoms with Gasteiger partial charge in [0.2, 0.25) is 0 Å². The Morgan fingerprint density at radius 1 is 0.897 bits per heavy atom. The van der Waals surface area contributed by atoms with Gasteiger partial charge in [0, 0.05) is 17.5 Å². The first kappa shape index (κ1) is 21.2. The van der Waals surface area contributed by atoms with Crippen molar-refractivity contribution in [3.63, 3.8) is 0 Å². The summed E-state index contributed by atoms with van der Waals surface area (Å²) >= 11 is 5.78. The highest BCUT2D eigenvalue weighted by molar-refractivity contribution is 6.17. The zero-order chi connectivity index (χ0) is 20.5. The molecule has 2 nitrogen and oxygen atoms in total. The molecule has 0 aromatic heterocycles. The van der Waals surface area contributed by atoms with Crippen molar-refractivity contribution in [3.05, 3.63) is 83.7 Å². The maximum Gasteiger partial charge on any atom is 0.126 e. The minimum absolute atomic E-state index is 0.249. The Morgan fingerprint density at radius 2 is 1.66 bits per heavy atom. The lowest BCUT2D eigenvalue weighted by atomic mass is 9.96. The first-order valence-corrected chi connectivity index (χ1v) is 10.5. The van der Waals surface area contributed by atoms with Crippen LogP contribution in [0.25, 0.3) is 11.1 Å². The molecule has 0 fully saturated rings. The van der Waals surface area contributed by atoms with Crippen molar-refractivity contribution in [3.8, 4) is 22.6 Å². The minimum Gasteiger partial charge on any atom is -0.493 e. The van der Waals surface area contributed by atoms with Gasteiger partial charge < -0.3 is 9.47 Å². The van der Waals surface area contributed by atoms with Crippen LogP contribution in [0.3, 0.4) is 0 Å². The fraction of sp³-hybridized carbons (Fsp3) is 0.280. The zero-order valence-corrected chi connectivity index (χ0v) is 17.4. The second-order valence-corrected chi connectivity index (χ2v) is 7.20. The van der Waals surface area contributed by atoms with Crippen molar-refractivity contribution >= 4 is 11.6 Å². The molecule has 3 aromatic carbocycles. The maximum atomic E-state index is 13.4. The lowest BCUT2D eigenvalue weighted by Gasteiger charge is -2.18. The molecule has 0 spiro atoms. The van der Waals surface area contributed by atoms with Gasteiger partial charge in [0.1, 0.15) is 23.9 Å². The van der Waals surface area contributed by atoms with Crippen LogP contribution in [-0.2, 0) is 13.0 Å². The van der Waals surface area contributed by atoms with E-state index in [9.17, 15) is 4.39 Å². The molecule has 152 valence electrons. The standard InChI is InChI=1S/C25H26ClFO2/c1-2-23-24(20-10-12-21(27)13-11-20)16-22(17-25(23)28-15-7-6-14-26)29-18-19-8-4-3-5-9-19/h3-5,8-13,16-17H,2,6-7,14-15,18H2,1H3. The molecule has 0 bridgehead atoms. The first-order valence-electron chi connectivity index (χ1n) is 9.99. The quantitative estimate of drug-likeness (QED) is 0.263. The Kier molecular flexibility index (Phi) is 7.94. The topological polar surface area (TPSA) is 18.5 Å². The summed E-state index contributed by atoms with van der Waals surface area (Å²) in [5, 5.41) is 0. The highest BCUT2D eigenvalue weighted by Crippen LogP contribution is 2.36. The van der Waals surface area contributed by atoms with E-state index in [0.29, 0.717) is 19.1 Å². The molecule has 3 aromatic rings. The van der Waals surface area contributed by atoms with E-state index >= 15 is 0 Å². The molecule has 0 amide bonds. The van der Waals surface area contributed by atoms with Gasteiger partial charge in [-0.2, -0.15) is 0 Å². The Labute approximate surface area is 177 Å². The summed E-state index contributed by atoms with van der Waals surface area (Å²) in [5.41, 5.74) is 4.14. The largest absolute Gasteiger partial charge is 0.493 e. The Hall–Kier alpha value is -2.52. The van der Waals surface area contributed by atoms with E-state index in [1.165, 1.54) is 12.1 Å². The van der Waals surface area contributed by atoms with Crippen LogP contribution in [0, 0.1) is 5.82 Å². The van der Waals surface area contributed by atoms with Gasteiger partial charge in [-0.3, -0.25) is 0 Å². The van der Waals surface area contributed by atoms with E-state index in [0.717, 1.165) is 53.0 Å². The zero-order valence-electron chi connectivity index (χ0n) is 16.7. The number of hydrogen-bond donors (Lipinski definition) is 0. The van der Waals surface area contributed by atoms with Gasteiger partial charge in [-0.1, -0.05) is 49.4 Å². The summed E-state index contributed by atoms with van der Waals surface area (Å²) < 4.78 is 25.6. The van der Waals surface area contributed by atoms with Crippen molar-refractivity contribution in [1.82, 2.24) is 0 Å². The number of rotatable bonds is 10. The summed E-state index contributed by atoms with van der Waals surface area (Å²) in [6.07, 6.45) is 2.61. The van der Waals surface area contributed by atoms with Gasteiger partial charge in [0.05, 0.1) is 6.61 Å². The van der Waals surface area contributed by atoms with Gasteiger partial charge in [-0.05, 0) is 54.2 Å². The second-order valence-electron chi connectivity index (χ2n) is 6.83. The molecule has 0 N–H and O–H groups in total. The first-order chi connectivity index (χ1) is 14.2. The predicted octanol–water partition coefficient (Wildman–Crippen LogP) is 7.03. The Balaban J connectivity index is 1.91. The van der Waals surface area contributed by atoms with Gasteiger partial charge in [0.15, 0.2) is 0 Å². The fourth-order valence-corrected chi connectivity index (χ4v) is 3.39. The molecular formula is C25H26ClFO2. The van der Waals surface area contributed by atoms with E-state index in [2.05, 4.69) is 6.92 Å². The molecule has 0 atom stereocenters. The van der Waals surface area contributed by atoms with Crippen LogP contribution in [0.1, 0.15) is 30.9 Å². The molecule has 0 aliphatic rings. The number of ether oxygens (including phenoxy) is 2. The van der Waals surface area contributed by atoms with Crippen LogP contribution in [0.5, 0.6) is 11.5 Å². The highest BCUT2D eigenvalue weighted by atomic mass is 35.5. The summed E-state index contributed by atoms with van der Waals surface area (Å²) in [6.45, 7) is 3.17. The van der Waals surface area contributed by atoms with Crippen molar-refractivity contribution in [1.29, 1.82) is 0 Å². The smallest absolute Gasteiger partial charge is 0.126 e. The molecular weight excluding hydrogens is 387 g/mol. The van der Waals surface area contributed by atoms with E-state index in [1.807, 2.05) is 42.5 Å². The number of unbranched alkanes of at least 4 members (excludes halogenated alkanes) is 1. The monoisotopic (exact) mass is 412 g/mol. The normalized spacial score (nSPS) is 10.7. The number of halogens is 2. The summed E-state index contributed by atoms with van der Waals surface area (Å²) in [7, 11) is 0. The van der Waals surface area contributed by atoms with Crippen LogP contribution in [0.2, 0.25) is 0 Å². The molecule has 0 heterocycles. The Morgan fingerprint density at radius 3 is 2.34 bits per heavy atom. The third-order valence-corrected chi connectivity index (χ3v) is 4.99. The van der Waals surface area contributed by atoms with Crippen LogP contribution >= 0.6 is 11.6 Å². The summed E-state index contributed by atoms with van der Waals surface area (Å²) in [5.74, 6) is 1.93. The van der Waals surface area contributed by atoms with Crippen molar-refractivity contribution in [2.45, 2.75) is 32.8 Å². The summed E-state index contributed by atoms with van der Waals surface area (Å²) in [4.78, 5) is 0. The highest BCUT2D eigenvalue weighted by Gasteiger charge is 2.14. The molecule has 0 radical (unpaired) electrons. The fourth-order valence-electron chi connectivity index (χ4n) is 3.20. The predicted molar refractivity (Wildman–Crippen MR) is 117 cm³/mol. The van der Waals surface area contributed by atoms with Gasteiger partial charge in [-0.15, -0.1) is 11.6 Å². The molecule has 0 aliphatic carbocycles.